The first-order valence-corrected chi connectivity index (χ1v) is 6.34. The Morgan fingerprint density at radius 1 is 1.31 bits per heavy atom. The first kappa shape index (κ1) is 9.89. The van der Waals surface area contributed by atoms with Crippen molar-refractivity contribution in [2.75, 3.05) is 5.73 Å². The van der Waals surface area contributed by atoms with Crippen LogP contribution in [-0.4, -0.2) is 25.4 Å². The molecule has 0 bridgehead atoms. The van der Waals surface area contributed by atoms with Crippen molar-refractivity contribution in [3.8, 4) is 0 Å². The van der Waals surface area contributed by atoms with E-state index in [1.807, 2.05) is 11.8 Å². The van der Waals surface area contributed by atoms with E-state index in [0.29, 0.717) is 11.2 Å². The van der Waals surface area contributed by atoms with E-state index in [2.05, 4.69) is 20.2 Å². The summed E-state index contributed by atoms with van der Waals surface area (Å²) in [5, 5.41) is 9.43. The summed E-state index contributed by atoms with van der Waals surface area (Å²) >= 11 is 1.81. The summed E-state index contributed by atoms with van der Waals surface area (Å²) in [6.07, 6.45) is 6.97. The molecule has 0 saturated heterocycles. The van der Waals surface area contributed by atoms with Gasteiger partial charge in [-0.15, -0.1) is 11.8 Å². The molecule has 1 aliphatic carbocycles. The van der Waals surface area contributed by atoms with Gasteiger partial charge in [0, 0.05) is 5.25 Å². The number of thioether (sulfide) groups is 1. The Bertz CT molecular complexity index is 503. The molecule has 3 rings (SSSR count). The summed E-state index contributed by atoms with van der Waals surface area (Å²) in [6, 6.07) is 0. The summed E-state index contributed by atoms with van der Waals surface area (Å²) in [6.45, 7) is 0. The van der Waals surface area contributed by atoms with Crippen LogP contribution in [-0.2, 0) is 0 Å². The third-order valence-electron chi connectivity index (χ3n) is 2.87. The van der Waals surface area contributed by atoms with Gasteiger partial charge in [-0.25, -0.2) is 4.98 Å². The molecule has 2 heterocycles. The van der Waals surface area contributed by atoms with Crippen LogP contribution in [0.2, 0.25) is 0 Å². The minimum absolute atomic E-state index is 0.317. The highest BCUT2D eigenvalue weighted by molar-refractivity contribution is 8.00. The van der Waals surface area contributed by atoms with Gasteiger partial charge in [0.05, 0.1) is 11.6 Å². The van der Waals surface area contributed by atoms with E-state index in [9.17, 15) is 0 Å². The largest absolute Gasteiger partial charge is 0.368 e. The van der Waals surface area contributed by atoms with Crippen molar-refractivity contribution in [2.45, 2.75) is 36.0 Å². The smallest absolute Gasteiger partial charge is 0.223 e. The zero-order valence-corrected chi connectivity index (χ0v) is 9.63. The first-order chi connectivity index (χ1) is 7.83. The van der Waals surface area contributed by atoms with Crippen LogP contribution in [0.1, 0.15) is 25.7 Å². The second kappa shape index (κ2) is 3.93. The Kier molecular flexibility index (Phi) is 2.43. The molecule has 2 aromatic rings. The van der Waals surface area contributed by atoms with Crippen LogP contribution >= 0.6 is 11.8 Å². The van der Waals surface area contributed by atoms with Gasteiger partial charge in [0.15, 0.2) is 5.65 Å². The lowest BCUT2D eigenvalue weighted by Gasteiger charge is -2.08. The van der Waals surface area contributed by atoms with Crippen LogP contribution in [0.15, 0.2) is 11.2 Å². The highest BCUT2D eigenvalue weighted by Gasteiger charge is 2.19. The number of nitrogen functional groups attached to an aromatic ring is 1. The summed E-state index contributed by atoms with van der Waals surface area (Å²) in [7, 11) is 0. The summed E-state index contributed by atoms with van der Waals surface area (Å²) in [4.78, 5) is 8.41. The molecule has 0 radical (unpaired) electrons. The molecule has 16 heavy (non-hydrogen) atoms. The lowest BCUT2D eigenvalue weighted by molar-refractivity contribution is 0.886. The van der Waals surface area contributed by atoms with Crippen LogP contribution in [0, 0.1) is 0 Å². The van der Waals surface area contributed by atoms with Crippen molar-refractivity contribution in [1.29, 1.82) is 0 Å². The number of anilines is 1. The second-order valence-corrected chi connectivity index (χ2v) is 5.33. The van der Waals surface area contributed by atoms with Crippen LogP contribution in [0.3, 0.4) is 0 Å². The monoisotopic (exact) mass is 235 g/mol. The van der Waals surface area contributed by atoms with Gasteiger partial charge >= 0.3 is 0 Å². The summed E-state index contributed by atoms with van der Waals surface area (Å²) < 4.78 is 0. The van der Waals surface area contributed by atoms with Gasteiger partial charge in [0.25, 0.3) is 0 Å². The molecule has 0 aliphatic heterocycles. The third-order valence-corrected chi connectivity index (χ3v) is 4.21. The Labute approximate surface area is 97.2 Å². The fourth-order valence-corrected chi connectivity index (χ4v) is 3.39. The highest BCUT2D eigenvalue weighted by Crippen LogP contribution is 2.36. The number of H-pyrrole nitrogens is 1. The fraction of sp³-hybridized carbons (Fsp3) is 0.500. The SMILES string of the molecule is Nc1nc(SC2CCCC2)c2cn[nH]c2n1. The van der Waals surface area contributed by atoms with Crippen LogP contribution in [0.5, 0.6) is 0 Å². The van der Waals surface area contributed by atoms with Crippen molar-refractivity contribution < 1.29 is 0 Å². The van der Waals surface area contributed by atoms with Crippen molar-refractivity contribution in [2.24, 2.45) is 0 Å². The molecule has 0 unspecified atom stereocenters. The number of rotatable bonds is 2. The molecule has 0 atom stereocenters. The summed E-state index contributed by atoms with van der Waals surface area (Å²) in [5.74, 6) is 0.317. The Hall–Kier alpha value is -1.30. The Morgan fingerprint density at radius 3 is 2.94 bits per heavy atom. The van der Waals surface area contributed by atoms with Crippen molar-refractivity contribution in [3.63, 3.8) is 0 Å². The molecule has 2 aromatic heterocycles. The molecule has 0 amide bonds. The van der Waals surface area contributed by atoms with Gasteiger partial charge in [-0.05, 0) is 12.8 Å². The molecule has 0 aromatic carbocycles. The standard InChI is InChI=1S/C10H13N5S/c11-10-13-8-7(5-12-15-8)9(14-10)16-6-3-1-2-4-6/h5-6H,1-4H2,(H3,11,12,13,14,15). The molecular formula is C10H13N5S. The van der Waals surface area contributed by atoms with Gasteiger partial charge in [-0.3, -0.25) is 5.10 Å². The Morgan fingerprint density at radius 2 is 2.12 bits per heavy atom. The minimum atomic E-state index is 0.317. The lowest BCUT2D eigenvalue weighted by Crippen LogP contribution is -2.00. The number of nitrogens with zero attached hydrogens (tertiary/aromatic N) is 3. The van der Waals surface area contributed by atoms with E-state index in [0.717, 1.165) is 16.1 Å². The zero-order valence-electron chi connectivity index (χ0n) is 8.81. The maximum atomic E-state index is 5.67. The topological polar surface area (TPSA) is 80.5 Å². The van der Waals surface area contributed by atoms with Crippen LogP contribution in [0.25, 0.3) is 11.0 Å². The number of aromatic nitrogens is 4. The predicted octanol–water partition coefficient (Wildman–Crippen LogP) is 1.97. The fourth-order valence-electron chi connectivity index (χ4n) is 2.08. The molecule has 1 saturated carbocycles. The molecule has 3 N–H and O–H groups in total. The van der Waals surface area contributed by atoms with Crippen LogP contribution < -0.4 is 5.73 Å². The zero-order chi connectivity index (χ0) is 11.0. The molecule has 1 fully saturated rings. The lowest BCUT2D eigenvalue weighted by atomic mass is 10.4. The number of fused-ring (bicyclic) bond motifs is 1. The van der Waals surface area contributed by atoms with E-state index in [1.165, 1.54) is 25.7 Å². The number of hydrogen-bond donors (Lipinski definition) is 2. The molecule has 5 nitrogen and oxygen atoms in total. The molecule has 84 valence electrons. The van der Waals surface area contributed by atoms with E-state index in [-0.39, 0.29) is 0 Å². The molecule has 1 aliphatic rings. The van der Waals surface area contributed by atoms with Crippen molar-refractivity contribution in [3.05, 3.63) is 6.20 Å². The van der Waals surface area contributed by atoms with Crippen molar-refractivity contribution in [1.82, 2.24) is 20.2 Å². The molecule has 6 heteroatoms. The predicted molar refractivity (Wildman–Crippen MR) is 64.2 cm³/mol. The van der Waals surface area contributed by atoms with Crippen molar-refractivity contribution >= 4 is 28.7 Å². The normalized spacial score (nSPS) is 17.2. The van der Waals surface area contributed by atoms with E-state index >= 15 is 0 Å². The number of nitrogens with one attached hydrogen (secondary N) is 1. The second-order valence-electron chi connectivity index (χ2n) is 4.04. The van der Waals surface area contributed by atoms with E-state index in [1.54, 1.807) is 6.20 Å². The molecular weight excluding hydrogens is 222 g/mol. The third kappa shape index (κ3) is 1.73. The van der Waals surface area contributed by atoms with Gasteiger partial charge in [0.2, 0.25) is 5.95 Å². The van der Waals surface area contributed by atoms with E-state index in [4.69, 9.17) is 5.73 Å². The minimum Gasteiger partial charge on any atom is -0.368 e. The van der Waals surface area contributed by atoms with Crippen LogP contribution in [0.4, 0.5) is 5.95 Å². The first-order valence-electron chi connectivity index (χ1n) is 5.46. The summed E-state index contributed by atoms with van der Waals surface area (Å²) in [5.41, 5.74) is 6.40. The maximum Gasteiger partial charge on any atom is 0.223 e. The highest BCUT2D eigenvalue weighted by atomic mass is 32.2. The van der Waals surface area contributed by atoms with Gasteiger partial charge in [-0.1, -0.05) is 12.8 Å². The van der Waals surface area contributed by atoms with Gasteiger partial charge in [-0.2, -0.15) is 10.1 Å². The molecule has 0 spiro atoms. The quantitative estimate of drug-likeness (QED) is 0.778. The average Bonchev–Trinajstić information content (AvgIpc) is 2.87. The maximum absolute atomic E-state index is 5.67. The van der Waals surface area contributed by atoms with Gasteiger partial charge < -0.3 is 5.73 Å². The number of aromatic amines is 1. The van der Waals surface area contributed by atoms with E-state index < -0.39 is 0 Å². The number of hydrogen-bond acceptors (Lipinski definition) is 5. The average molecular weight is 235 g/mol. The Balaban J connectivity index is 1.97. The van der Waals surface area contributed by atoms with Gasteiger partial charge in [0.1, 0.15) is 5.03 Å². The number of nitrogens with two attached hydrogens (primary N) is 1.